The van der Waals surface area contributed by atoms with Crippen LogP contribution in [-0.2, 0) is 0 Å². The first-order chi connectivity index (χ1) is 4.27. The van der Waals surface area contributed by atoms with Crippen molar-refractivity contribution in [3.63, 3.8) is 0 Å². The zero-order chi connectivity index (χ0) is 7.70. The van der Waals surface area contributed by atoms with Crippen LogP contribution in [0.25, 0.3) is 0 Å². The highest BCUT2D eigenvalue weighted by Gasteiger charge is 1.88. The molecule has 0 saturated heterocycles. The molecule has 0 rings (SSSR count). The van der Waals surface area contributed by atoms with Crippen LogP contribution in [0, 0.1) is 5.92 Å². The van der Waals surface area contributed by atoms with Crippen molar-refractivity contribution in [2.45, 2.75) is 53.9 Å². The molecule has 9 heavy (non-hydrogen) atoms. The van der Waals surface area contributed by atoms with E-state index in [0.717, 1.165) is 5.92 Å². The van der Waals surface area contributed by atoms with Crippen molar-refractivity contribution in [3.8, 4) is 0 Å². The van der Waals surface area contributed by atoms with Crippen molar-refractivity contribution in [1.29, 1.82) is 0 Å². The van der Waals surface area contributed by atoms with Crippen molar-refractivity contribution < 1.29 is 1.43 Å². The normalized spacial score (nSPS) is 8.67. The fraction of sp³-hybridized carbons (Fsp3) is 1.00. The molecular formula is C9H24. The van der Waals surface area contributed by atoms with E-state index in [0.29, 0.717) is 0 Å². The standard InChI is InChI=1S/C7H16.C2H6.H2/c1-4-5-6-7(2)3;1-2;/h7H,4-6H2,1-3H3;1-2H3;1H. The SMILES string of the molecule is CC.CCCCC(C)C.[HH]. The molecule has 0 aromatic rings. The number of hydrogen-bond acceptors (Lipinski definition) is 0. The molecule has 60 valence electrons. The number of unbranched alkanes of at least 4 members (excludes halogenated alkanes) is 1. The Labute approximate surface area is 62.1 Å². The summed E-state index contributed by atoms with van der Waals surface area (Å²) in [7, 11) is 0. The molecule has 0 atom stereocenters. The van der Waals surface area contributed by atoms with Gasteiger partial charge in [0.2, 0.25) is 0 Å². The number of rotatable bonds is 3. The minimum atomic E-state index is 0. The number of hydrogen-bond donors (Lipinski definition) is 0. The fourth-order valence-corrected chi connectivity index (χ4v) is 0.612. The predicted molar refractivity (Wildman–Crippen MR) is 47.8 cm³/mol. The molecule has 0 fully saturated rings. The summed E-state index contributed by atoms with van der Waals surface area (Å²) in [5, 5.41) is 0. The van der Waals surface area contributed by atoms with Crippen LogP contribution >= 0.6 is 0 Å². The summed E-state index contributed by atoms with van der Waals surface area (Å²) in [6.07, 6.45) is 4.15. The molecule has 0 N–H and O–H groups in total. The van der Waals surface area contributed by atoms with Gasteiger partial charge in [0.05, 0.1) is 0 Å². The summed E-state index contributed by atoms with van der Waals surface area (Å²) in [4.78, 5) is 0. The third kappa shape index (κ3) is 18.0. The van der Waals surface area contributed by atoms with Gasteiger partial charge in [0.1, 0.15) is 0 Å². The van der Waals surface area contributed by atoms with Crippen molar-refractivity contribution in [2.24, 2.45) is 5.92 Å². The summed E-state index contributed by atoms with van der Waals surface area (Å²) >= 11 is 0. The molecule has 0 aliphatic heterocycles. The van der Waals surface area contributed by atoms with Crippen LogP contribution in [0.5, 0.6) is 0 Å². The van der Waals surface area contributed by atoms with Gasteiger partial charge < -0.3 is 0 Å². The van der Waals surface area contributed by atoms with Gasteiger partial charge in [-0.25, -0.2) is 0 Å². The first-order valence-corrected chi connectivity index (χ1v) is 4.27. The Kier molecular flexibility index (Phi) is 14.2. The van der Waals surface area contributed by atoms with E-state index >= 15 is 0 Å². The van der Waals surface area contributed by atoms with E-state index in [1.807, 2.05) is 13.8 Å². The zero-order valence-electron chi connectivity index (χ0n) is 7.70. The fourth-order valence-electron chi connectivity index (χ4n) is 0.612. The Morgan fingerprint density at radius 1 is 1.22 bits per heavy atom. The minimum absolute atomic E-state index is 0. The zero-order valence-corrected chi connectivity index (χ0v) is 7.70. The second-order valence-electron chi connectivity index (χ2n) is 2.54. The molecule has 0 nitrogen and oxygen atoms in total. The molecule has 0 aromatic carbocycles. The molecule has 0 radical (unpaired) electrons. The van der Waals surface area contributed by atoms with E-state index in [1.165, 1.54) is 19.3 Å². The molecule has 0 aliphatic carbocycles. The Hall–Kier alpha value is 0. The second-order valence-corrected chi connectivity index (χ2v) is 2.54. The Morgan fingerprint density at radius 2 is 1.67 bits per heavy atom. The van der Waals surface area contributed by atoms with E-state index in [4.69, 9.17) is 0 Å². The molecule has 0 amide bonds. The first-order valence-electron chi connectivity index (χ1n) is 4.27. The Balaban J connectivity index is -0.000000149. The average Bonchev–Trinajstić information content (AvgIpc) is 1.88. The average molecular weight is 132 g/mol. The van der Waals surface area contributed by atoms with Crippen molar-refractivity contribution in [2.75, 3.05) is 0 Å². The monoisotopic (exact) mass is 132 g/mol. The van der Waals surface area contributed by atoms with E-state index in [1.54, 1.807) is 0 Å². The largest absolute Gasteiger partial charge is 0.0683 e. The van der Waals surface area contributed by atoms with Crippen LogP contribution in [0.15, 0.2) is 0 Å². The van der Waals surface area contributed by atoms with Crippen molar-refractivity contribution in [1.82, 2.24) is 0 Å². The van der Waals surface area contributed by atoms with Gasteiger partial charge in [-0.15, -0.1) is 0 Å². The lowest BCUT2D eigenvalue weighted by atomic mass is 10.1. The van der Waals surface area contributed by atoms with Crippen LogP contribution in [0.2, 0.25) is 0 Å². The first kappa shape index (κ1) is 11.8. The Bertz CT molecular complexity index is 33.7. The molecule has 0 saturated carbocycles. The van der Waals surface area contributed by atoms with Gasteiger partial charge in [-0.3, -0.25) is 0 Å². The summed E-state index contributed by atoms with van der Waals surface area (Å²) in [5.74, 6) is 0.903. The third-order valence-corrected chi connectivity index (χ3v) is 1.14. The second kappa shape index (κ2) is 10.9. The van der Waals surface area contributed by atoms with Crippen molar-refractivity contribution >= 4 is 0 Å². The van der Waals surface area contributed by atoms with Gasteiger partial charge >= 0.3 is 0 Å². The molecule has 0 heteroatoms. The molecule has 0 heterocycles. The van der Waals surface area contributed by atoms with E-state index in [-0.39, 0.29) is 1.43 Å². The molecule has 0 aliphatic rings. The van der Waals surface area contributed by atoms with Crippen LogP contribution in [0.1, 0.15) is 55.3 Å². The Morgan fingerprint density at radius 3 is 1.78 bits per heavy atom. The van der Waals surface area contributed by atoms with E-state index < -0.39 is 0 Å². The highest BCUT2D eigenvalue weighted by molar-refractivity contribution is 4.42. The van der Waals surface area contributed by atoms with E-state index in [2.05, 4.69) is 20.8 Å². The predicted octanol–water partition coefficient (Wildman–Crippen LogP) is 4.10. The molecule has 0 aromatic heterocycles. The summed E-state index contributed by atoms with van der Waals surface area (Å²) in [5.41, 5.74) is 0. The van der Waals surface area contributed by atoms with Crippen LogP contribution in [0.4, 0.5) is 0 Å². The summed E-state index contributed by atoms with van der Waals surface area (Å²) in [6, 6.07) is 0. The van der Waals surface area contributed by atoms with Crippen molar-refractivity contribution in [3.05, 3.63) is 0 Å². The maximum Gasteiger partial charge on any atom is 0 e. The van der Waals surface area contributed by atoms with Gasteiger partial charge in [0.15, 0.2) is 0 Å². The van der Waals surface area contributed by atoms with Crippen LogP contribution in [-0.4, -0.2) is 0 Å². The highest BCUT2D eigenvalue weighted by Crippen LogP contribution is 2.04. The molecule has 0 unspecified atom stereocenters. The summed E-state index contributed by atoms with van der Waals surface area (Å²) in [6.45, 7) is 10.8. The molecule has 0 bridgehead atoms. The van der Waals surface area contributed by atoms with Gasteiger partial charge in [0, 0.05) is 1.43 Å². The van der Waals surface area contributed by atoms with Crippen LogP contribution < -0.4 is 0 Å². The minimum Gasteiger partial charge on any atom is -0.0683 e. The topological polar surface area (TPSA) is 0 Å². The highest BCUT2D eigenvalue weighted by atomic mass is 13.9. The lowest BCUT2D eigenvalue weighted by molar-refractivity contribution is 0.550. The third-order valence-electron chi connectivity index (χ3n) is 1.14. The lowest BCUT2D eigenvalue weighted by Crippen LogP contribution is -1.83. The maximum absolute atomic E-state index is 2.27. The van der Waals surface area contributed by atoms with Gasteiger partial charge in [-0.2, -0.15) is 0 Å². The lowest BCUT2D eigenvalue weighted by Gasteiger charge is -1.98. The van der Waals surface area contributed by atoms with Gasteiger partial charge in [-0.05, 0) is 5.92 Å². The van der Waals surface area contributed by atoms with Crippen LogP contribution in [0.3, 0.4) is 0 Å². The van der Waals surface area contributed by atoms with Gasteiger partial charge in [0.25, 0.3) is 0 Å². The maximum atomic E-state index is 2.27. The molecular weight excluding hydrogens is 108 g/mol. The molecule has 0 spiro atoms. The smallest absolute Gasteiger partial charge is 0 e. The summed E-state index contributed by atoms with van der Waals surface area (Å²) < 4.78 is 0. The van der Waals surface area contributed by atoms with Gasteiger partial charge in [-0.1, -0.05) is 53.9 Å². The van der Waals surface area contributed by atoms with E-state index in [9.17, 15) is 0 Å². The quantitative estimate of drug-likeness (QED) is 0.542.